The summed E-state index contributed by atoms with van der Waals surface area (Å²) in [5.74, 6) is 0.294. The fraction of sp³-hybridized carbons (Fsp3) is 0.545. The summed E-state index contributed by atoms with van der Waals surface area (Å²) in [6, 6.07) is 2.13. The molecule has 1 rings (SSSR count). The first kappa shape index (κ1) is 12.4. The van der Waals surface area contributed by atoms with Gasteiger partial charge in [0.05, 0.1) is 5.69 Å². The summed E-state index contributed by atoms with van der Waals surface area (Å²) in [5, 5.41) is 17.1. The standard InChI is InChI=1S/C11H16N4O/c1-3-8-9(7-13)11(16-6-5-12)15-14-10(8)4-2/h3-6,12H2,1-2H3. The van der Waals surface area contributed by atoms with Gasteiger partial charge in [-0.3, -0.25) is 0 Å². The maximum absolute atomic E-state index is 9.12. The van der Waals surface area contributed by atoms with Gasteiger partial charge in [0, 0.05) is 6.54 Å². The molecule has 1 aromatic heterocycles. The average Bonchev–Trinajstić information content (AvgIpc) is 2.34. The lowest BCUT2D eigenvalue weighted by Crippen LogP contribution is -2.14. The maximum atomic E-state index is 9.12. The molecule has 0 radical (unpaired) electrons. The Kier molecular flexibility index (Phi) is 4.67. The first-order valence-corrected chi connectivity index (χ1v) is 5.39. The number of aryl methyl sites for hydroxylation is 1. The predicted octanol–water partition coefficient (Wildman–Crippen LogP) is 0.811. The Balaban J connectivity index is 3.16. The molecule has 0 aliphatic rings. The third-order valence-corrected chi connectivity index (χ3v) is 2.28. The van der Waals surface area contributed by atoms with Crippen molar-refractivity contribution < 1.29 is 4.74 Å². The topological polar surface area (TPSA) is 84.8 Å². The van der Waals surface area contributed by atoms with Gasteiger partial charge >= 0.3 is 0 Å². The van der Waals surface area contributed by atoms with Crippen LogP contribution in [0.15, 0.2) is 0 Å². The van der Waals surface area contributed by atoms with Crippen LogP contribution in [0.25, 0.3) is 0 Å². The van der Waals surface area contributed by atoms with E-state index in [1.54, 1.807) is 0 Å². The molecule has 1 aromatic rings. The Morgan fingerprint density at radius 1 is 1.31 bits per heavy atom. The highest BCUT2D eigenvalue weighted by molar-refractivity contribution is 5.46. The van der Waals surface area contributed by atoms with Gasteiger partial charge in [-0.05, 0) is 18.4 Å². The molecule has 16 heavy (non-hydrogen) atoms. The summed E-state index contributed by atoms with van der Waals surface area (Å²) in [5.41, 5.74) is 7.61. The van der Waals surface area contributed by atoms with Gasteiger partial charge in [-0.1, -0.05) is 13.8 Å². The molecule has 5 heteroatoms. The van der Waals surface area contributed by atoms with E-state index in [1.165, 1.54) is 0 Å². The van der Waals surface area contributed by atoms with Crippen molar-refractivity contribution in [1.29, 1.82) is 5.26 Å². The molecule has 0 amide bonds. The minimum absolute atomic E-state index is 0.294. The SMILES string of the molecule is CCc1nnc(OCCN)c(C#N)c1CC. The third kappa shape index (κ3) is 2.47. The van der Waals surface area contributed by atoms with Gasteiger partial charge in [0.25, 0.3) is 5.88 Å². The van der Waals surface area contributed by atoms with Crippen molar-refractivity contribution in [2.24, 2.45) is 5.73 Å². The first-order chi connectivity index (χ1) is 7.78. The number of nitrogens with two attached hydrogens (primary N) is 1. The normalized spacial score (nSPS) is 9.88. The van der Waals surface area contributed by atoms with Crippen molar-refractivity contribution in [1.82, 2.24) is 10.2 Å². The van der Waals surface area contributed by atoms with Crippen LogP contribution in [0.5, 0.6) is 5.88 Å². The lowest BCUT2D eigenvalue weighted by atomic mass is 10.0. The molecule has 0 aliphatic heterocycles. The summed E-state index contributed by atoms with van der Waals surface area (Å²) in [6.07, 6.45) is 1.52. The molecule has 0 aromatic carbocycles. The van der Waals surface area contributed by atoms with E-state index in [4.69, 9.17) is 15.7 Å². The lowest BCUT2D eigenvalue weighted by Gasteiger charge is -2.10. The highest BCUT2D eigenvalue weighted by Gasteiger charge is 2.14. The van der Waals surface area contributed by atoms with E-state index in [1.807, 2.05) is 13.8 Å². The molecule has 0 fully saturated rings. The van der Waals surface area contributed by atoms with Crippen molar-refractivity contribution in [3.05, 3.63) is 16.8 Å². The van der Waals surface area contributed by atoms with Crippen LogP contribution in [0, 0.1) is 11.3 Å². The highest BCUT2D eigenvalue weighted by Crippen LogP contribution is 2.21. The van der Waals surface area contributed by atoms with Gasteiger partial charge < -0.3 is 10.5 Å². The Bertz CT molecular complexity index is 398. The smallest absolute Gasteiger partial charge is 0.251 e. The Morgan fingerprint density at radius 3 is 2.56 bits per heavy atom. The lowest BCUT2D eigenvalue weighted by molar-refractivity contribution is 0.309. The van der Waals surface area contributed by atoms with Crippen molar-refractivity contribution in [2.45, 2.75) is 26.7 Å². The average molecular weight is 220 g/mol. The van der Waals surface area contributed by atoms with Crippen LogP contribution >= 0.6 is 0 Å². The van der Waals surface area contributed by atoms with E-state index in [0.29, 0.717) is 24.6 Å². The van der Waals surface area contributed by atoms with Crippen LogP contribution < -0.4 is 10.5 Å². The van der Waals surface area contributed by atoms with E-state index < -0.39 is 0 Å². The number of hydrogen-bond acceptors (Lipinski definition) is 5. The number of nitrogens with zero attached hydrogens (tertiary/aromatic N) is 3. The molecule has 0 bridgehead atoms. The van der Waals surface area contributed by atoms with Crippen LogP contribution in [0.3, 0.4) is 0 Å². The minimum Gasteiger partial charge on any atom is -0.474 e. The zero-order valence-corrected chi connectivity index (χ0v) is 9.66. The van der Waals surface area contributed by atoms with Gasteiger partial charge in [-0.25, -0.2) is 0 Å². The quantitative estimate of drug-likeness (QED) is 0.793. The molecule has 0 aliphatic carbocycles. The van der Waals surface area contributed by atoms with Gasteiger partial charge in [-0.15, -0.1) is 5.10 Å². The third-order valence-electron chi connectivity index (χ3n) is 2.28. The summed E-state index contributed by atoms with van der Waals surface area (Å²) >= 11 is 0. The van der Waals surface area contributed by atoms with Gasteiger partial charge in [0.1, 0.15) is 18.2 Å². The van der Waals surface area contributed by atoms with E-state index in [2.05, 4.69) is 16.3 Å². The molecular formula is C11H16N4O. The summed E-state index contributed by atoms with van der Waals surface area (Å²) in [7, 11) is 0. The van der Waals surface area contributed by atoms with Gasteiger partial charge in [-0.2, -0.15) is 10.4 Å². The number of hydrogen-bond donors (Lipinski definition) is 1. The molecule has 0 saturated carbocycles. The van der Waals surface area contributed by atoms with Crippen molar-refractivity contribution in [2.75, 3.05) is 13.2 Å². The Labute approximate surface area is 95.2 Å². The van der Waals surface area contributed by atoms with Crippen molar-refractivity contribution >= 4 is 0 Å². The zero-order valence-electron chi connectivity index (χ0n) is 9.66. The van der Waals surface area contributed by atoms with E-state index >= 15 is 0 Å². The fourth-order valence-electron chi connectivity index (χ4n) is 1.53. The van der Waals surface area contributed by atoms with E-state index in [9.17, 15) is 0 Å². The second-order valence-corrected chi connectivity index (χ2v) is 3.26. The fourth-order valence-corrected chi connectivity index (χ4v) is 1.53. The second-order valence-electron chi connectivity index (χ2n) is 3.26. The molecule has 0 saturated heterocycles. The number of rotatable bonds is 5. The monoisotopic (exact) mass is 220 g/mol. The molecular weight excluding hydrogens is 204 g/mol. The predicted molar refractivity (Wildman–Crippen MR) is 60.1 cm³/mol. The van der Waals surface area contributed by atoms with Crippen molar-refractivity contribution in [3.8, 4) is 11.9 Å². The van der Waals surface area contributed by atoms with Crippen LogP contribution in [-0.4, -0.2) is 23.3 Å². The van der Waals surface area contributed by atoms with E-state index in [-0.39, 0.29) is 0 Å². The van der Waals surface area contributed by atoms with Crippen LogP contribution in [0.1, 0.15) is 30.7 Å². The van der Waals surface area contributed by atoms with E-state index in [0.717, 1.165) is 24.1 Å². The maximum Gasteiger partial charge on any atom is 0.251 e. The molecule has 86 valence electrons. The molecule has 0 spiro atoms. The van der Waals surface area contributed by atoms with Gasteiger partial charge in [0.2, 0.25) is 0 Å². The largest absolute Gasteiger partial charge is 0.474 e. The molecule has 2 N–H and O–H groups in total. The first-order valence-electron chi connectivity index (χ1n) is 5.39. The molecule has 0 unspecified atom stereocenters. The van der Waals surface area contributed by atoms with Crippen LogP contribution in [0.4, 0.5) is 0 Å². The second kappa shape index (κ2) is 6.03. The Morgan fingerprint density at radius 2 is 2.06 bits per heavy atom. The number of nitriles is 1. The molecule has 1 heterocycles. The Hall–Kier alpha value is -1.67. The summed E-state index contributed by atoms with van der Waals surface area (Å²) < 4.78 is 5.30. The molecule has 0 atom stereocenters. The number of aromatic nitrogens is 2. The minimum atomic E-state index is 0.294. The highest BCUT2D eigenvalue weighted by atomic mass is 16.5. The number of ether oxygens (including phenoxy) is 1. The molecule has 5 nitrogen and oxygen atoms in total. The van der Waals surface area contributed by atoms with Crippen LogP contribution in [0.2, 0.25) is 0 Å². The van der Waals surface area contributed by atoms with Gasteiger partial charge in [0.15, 0.2) is 0 Å². The summed E-state index contributed by atoms with van der Waals surface area (Å²) in [6.45, 7) is 4.72. The van der Waals surface area contributed by atoms with Crippen molar-refractivity contribution in [3.63, 3.8) is 0 Å². The van der Waals surface area contributed by atoms with Crippen LogP contribution in [-0.2, 0) is 12.8 Å². The summed E-state index contributed by atoms with van der Waals surface area (Å²) in [4.78, 5) is 0. The zero-order chi connectivity index (χ0) is 12.0.